The second-order valence-corrected chi connectivity index (χ2v) is 7.40. The molecular weight excluding hydrogens is 370 g/mol. The van der Waals surface area contributed by atoms with Crippen molar-refractivity contribution in [1.29, 1.82) is 0 Å². The summed E-state index contributed by atoms with van der Waals surface area (Å²) in [6.45, 7) is 10.5. The van der Waals surface area contributed by atoms with Crippen LogP contribution in [0.5, 0.6) is 11.5 Å². The van der Waals surface area contributed by atoms with Crippen molar-refractivity contribution in [3.63, 3.8) is 0 Å². The van der Waals surface area contributed by atoms with Gasteiger partial charge in [0.1, 0.15) is 0 Å². The predicted octanol–water partition coefficient (Wildman–Crippen LogP) is 5.29. The number of carboxylic acid groups (broad SMARTS) is 1. The van der Waals surface area contributed by atoms with Gasteiger partial charge in [-0.1, -0.05) is 39.8 Å². The maximum Gasteiger partial charge on any atom is 0.337 e. The highest BCUT2D eigenvalue weighted by atomic mass is 16.5. The molecule has 6 heteroatoms. The fraction of sp³-hybridized carbons (Fsp3) is 0.391. The Balaban J connectivity index is 2.49. The normalized spacial score (nSPS) is 10.9. The van der Waals surface area contributed by atoms with Crippen LogP contribution >= 0.6 is 0 Å². The van der Waals surface area contributed by atoms with Crippen LogP contribution in [0, 0.1) is 0 Å². The first kappa shape index (κ1) is 22.3. The summed E-state index contributed by atoms with van der Waals surface area (Å²) in [5, 5.41) is 12.3. The number of carbonyl (C=O) groups excluding carboxylic acids is 1. The van der Waals surface area contributed by atoms with E-state index >= 15 is 0 Å². The van der Waals surface area contributed by atoms with Gasteiger partial charge in [0.2, 0.25) is 0 Å². The molecule has 0 atom stereocenters. The summed E-state index contributed by atoms with van der Waals surface area (Å²) in [6.07, 6.45) is 0. The number of amides is 1. The standard InChI is InChI=1S/C23H29NO5/c1-7-29-21-12-19(18(23(26)27)11-20(21)28-6)24-22(25)16-9-8-15(13(2)3)10-17(16)14(4)5/h8-14H,7H2,1-6H3,(H,24,25)(H,26,27). The van der Waals surface area contributed by atoms with E-state index in [1.807, 2.05) is 32.9 Å². The number of nitrogens with one attached hydrogen (secondary N) is 1. The van der Waals surface area contributed by atoms with Gasteiger partial charge in [-0.25, -0.2) is 4.79 Å². The topological polar surface area (TPSA) is 84.9 Å². The molecule has 2 N–H and O–H groups in total. The lowest BCUT2D eigenvalue weighted by Gasteiger charge is -2.18. The summed E-state index contributed by atoms with van der Waals surface area (Å²) in [4.78, 5) is 24.8. The van der Waals surface area contributed by atoms with E-state index in [1.54, 1.807) is 6.07 Å². The Hall–Kier alpha value is -3.02. The molecule has 2 aromatic rings. The monoisotopic (exact) mass is 399 g/mol. The Morgan fingerprint density at radius 2 is 1.69 bits per heavy atom. The summed E-state index contributed by atoms with van der Waals surface area (Å²) in [7, 11) is 1.44. The molecule has 0 saturated heterocycles. The van der Waals surface area contributed by atoms with Crippen molar-refractivity contribution in [2.24, 2.45) is 0 Å². The lowest BCUT2D eigenvalue weighted by atomic mass is 9.91. The van der Waals surface area contributed by atoms with E-state index in [1.165, 1.54) is 19.2 Å². The molecule has 0 saturated carbocycles. The summed E-state index contributed by atoms with van der Waals surface area (Å²) in [5.74, 6) is -0.372. The predicted molar refractivity (Wildman–Crippen MR) is 114 cm³/mol. The van der Waals surface area contributed by atoms with Crippen molar-refractivity contribution in [2.45, 2.75) is 46.5 Å². The molecule has 156 valence electrons. The van der Waals surface area contributed by atoms with Gasteiger partial charge in [0.05, 0.1) is 25.0 Å². The number of methoxy groups -OCH3 is 1. The van der Waals surface area contributed by atoms with Gasteiger partial charge in [-0.05, 0) is 36.0 Å². The summed E-state index contributed by atoms with van der Waals surface area (Å²) >= 11 is 0. The average molecular weight is 399 g/mol. The lowest BCUT2D eigenvalue weighted by Crippen LogP contribution is -2.18. The second-order valence-electron chi connectivity index (χ2n) is 7.40. The molecular formula is C23H29NO5. The fourth-order valence-corrected chi connectivity index (χ4v) is 3.08. The van der Waals surface area contributed by atoms with E-state index in [2.05, 4.69) is 19.2 Å². The molecule has 6 nitrogen and oxygen atoms in total. The zero-order valence-electron chi connectivity index (χ0n) is 17.8. The van der Waals surface area contributed by atoms with Crippen molar-refractivity contribution in [3.8, 4) is 11.5 Å². The van der Waals surface area contributed by atoms with Gasteiger partial charge in [0, 0.05) is 17.7 Å². The van der Waals surface area contributed by atoms with Crippen molar-refractivity contribution >= 4 is 17.6 Å². The molecule has 0 unspecified atom stereocenters. The zero-order valence-corrected chi connectivity index (χ0v) is 17.8. The Kier molecular flexibility index (Phi) is 7.26. The minimum Gasteiger partial charge on any atom is -0.493 e. The van der Waals surface area contributed by atoms with Crippen LogP contribution in [0.2, 0.25) is 0 Å². The lowest BCUT2D eigenvalue weighted by molar-refractivity contribution is 0.0697. The maximum atomic E-state index is 13.0. The van der Waals surface area contributed by atoms with E-state index in [4.69, 9.17) is 9.47 Å². The molecule has 0 spiro atoms. The summed E-state index contributed by atoms with van der Waals surface area (Å²) in [6, 6.07) is 8.62. The number of hydrogen-bond donors (Lipinski definition) is 2. The van der Waals surface area contributed by atoms with E-state index in [0.29, 0.717) is 29.6 Å². The largest absolute Gasteiger partial charge is 0.493 e. The van der Waals surface area contributed by atoms with Crippen LogP contribution in [0.1, 0.15) is 78.3 Å². The highest BCUT2D eigenvalue weighted by Gasteiger charge is 2.21. The smallest absolute Gasteiger partial charge is 0.337 e. The number of anilines is 1. The fourth-order valence-electron chi connectivity index (χ4n) is 3.08. The first-order chi connectivity index (χ1) is 13.7. The van der Waals surface area contributed by atoms with E-state index < -0.39 is 5.97 Å². The minimum absolute atomic E-state index is 0.0662. The molecule has 0 aliphatic rings. The molecule has 0 fully saturated rings. The number of aromatic carboxylic acids is 1. The third-order valence-corrected chi connectivity index (χ3v) is 4.69. The minimum atomic E-state index is -1.17. The number of ether oxygens (including phenoxy) is 2. The highest BCUT2D eigenvalue weighted by molar-refractivity contribution is 6.09. The Morgan fingerprint density at radius 3 is 2.21 bits per heavy atom. The molecule has 0 bridgehead atoms. The summed E-state index contributed by atoms with van der Waals surface area (Å²) < 4.78 is 10.7. The van der Waals surface area contributed by atoms with Gasteiger partial charge >= 0.3 is 5.97 Å². The number of rotatable bonds is 8. The van der Waals surface area contributed by atoms with Crippen molar-refractivity contribution in [2.75, 3.05) is 19.0 Å². The zero-order chi connectivity index (χ0) is 21.7. The van der Waals surface area contributed by atoms with Gasteiger partial charge < -0.3 is 19.9 Å². The van der Waals surface area contributed by atoms with Gasteiger partial charge in [-0.3, -0.25) is 4.79 Å². The van der Waals surface area contributed by atoms with Gasteiger partial charge in [0.15, 0.2) is 11.5 Å². The third-order valence-electron chi connectivity index (χ3n) is 4.69. The molecule has 0 aromatic heterocycles. The van der Waals surface area contributed by atoms with Crippen LogP contribution in [0.25, 0.3) is 0 Å². The Labute approximate surface area is 171 Å². The molecule has 0 aliphatic carbocycles. The van der Waals surface area contributed by atoms with Crippen LogP contribution < -0.4 is 14.8 Å². The molecule has 29 heavy (non-hydrogen) atoms. The van der Waals surface area contributed by atoms with Crippen LogP contribution in [-0.2, 0) is 0 Å². The van der Waals surface area contributed by atoms with Crippen LogP contribution in [0.3, 0.4) is 0 Å². The van der Waals surface area contributed by atoms with Crippen LogP contribution in [0.15, 0.2) is 30.3 Å². The van der Waals surface area contributed by atoms with Gasteiger partial charge in [-0.2, -0.15) is 0 Å². The van der Waals surface area contributed by atoms with E-state index in [0.717, 1.165) is 11.1 Å². The number of carbonyl (C=O) groups is 2. The van der Waals surface area contributed by atoms with Gasteiger partial charge in [0.25, 0.3) is 5.91 Å². The quantitative estimate of drug-likeness (QED) is 0.630. The van der Waals surface area contributed by atoms with E-state index in [-0.39, 0.29) is 23.1 Å². The number of hydrogen-bond acceptors (Lipinski definition) is 4. The SMILES string of the molecule is CCOc1cc(NC(=O)c2ccc(C(C)C)cc2C(C)C)c(C(=O)O)cc1OC. The average Bonchev–Trinajstić information content (AvgIpc) is 2.67. The first-order valence-corrected chi connectivity index (χ1v) is 9.72. The maximum absolute atomic E-state index is 13.0. The highest BCUT2D eigenvalue weighted by Crippen LogP contribution is 2.34. The first-order valence-electron chi connectivity index (χ1n) is 9.72. The molecule has 0 heterocycles. The molecule has 2 rings (SSSR count). The molecule has 2 aromatic carbocycles. The van der Waals surface area contributed by atoms with Gasteiger partial charge in [-0.15, -0.1) is 0 Å². The Morgan fingerprint density at radius 1 is 1.00 bits per heavy atom. The second kappa shape index (κ2) is 9.45. The van der Waals surface area contributed by atoms with Crippen molar-refractivity contribution < 1.29 is 24.2 Å². The third kappa shape index (κ3) is 5.08. The molecule has 0 aliphatic heterocycles. The molecule has 0 radical (unpaired) electrons. The molecule has 1 amide bonds. The Bertz CT molecular complexity index is 902. The van der Waals surface area contributed by atoms with Crippen LogP contribution in [0.4, 0.5) is 5.69 Å². The number of carboxylic acids is 1. The number of benzene rings is 2. The van der Waals surface area contributed by atoms with Crippen LogP contribution in [-0.4, -0.2) is 30.7 Å². The van der Waals surface area contributed by atoms with Crippen molar-refractivity contribution in [3.05, 3.63) is 52.6 Å². The van der Waals surface area contributed by atoms with Crippen molar-refractivity contribution in [1.82, 2.24) is 0 Å². The van der Waals surface area contributed by atoms with E-state index in [9.17, 15) is 14.7 Å². The summed E-state index contributed by atoms with van der Waals surface area (Å²) in [5.41, 5.74) is 2.69.